The van der Waals surface area contributed by atoms with Crippen LogP contribution in [0.4, 0.5) is 0 Å². The van der Waals surface area contributed by atoms with Crippen LogP contribution >= 0.6 is 11.9 Å². The second kappa shape index (κ2) is 1.90. The van der Waals surface area contributed by atoms with Gasteiger partial charge in [-0.25, -0.2) is 0 Å². The van der Waals surface area contributed by atoms with Crippen molar-refractivity contribution in [1.82, 2.24) is 4.72 Å². The van der Waals surface area contributed by atoms with Gasteiger partial charge in [-0.15, -0.1) is 0 Å². The van der Waals surface area contributed by atoms with Crippen molar-refractivity contribution in [2.45, 2.75) is 0 Å². The average molecular weight is 110 g/mol. The molecule has 0 aromatic carbocycles. The van der Waals surface area contributed by atoms with Gasteiger partial charge in [-0.2, -0.15) is 5.26 Å². The van der Waals surface area contributed by atoms with Crippen molar-refractivity contribution < 1.29 is 0 Å². The first-order valence-corrected chi connectivity index (χ1v) is 2.53. The molecule has 0 amide bonds. The highest BCUT2D eigenvalue weighted by atomic mass is 32.2. The maximum Gasteiger partial charge on any atom is 0.121 e. The summed E-state index contributed by atoms with van der Waals surface area (Å²) in [5.41, 5.74) is 0.574. The molecule has 0 bridgehead atoms. The molecule has 1 rings (SSSR count). The van der Waals surface area contributed by atoms with Crippen LogP contribution in [0, 0.1) is 17.1 Å². The van der Waals surface area contributed by atoms with E-state index in [4.69, 9.17) is 5.26 Å². The lowest BCUT2D eigenvalue weighted by Gasteiger charge is -1.84. The monoisotopic (exact) mass is 110 g/mol. The van der Waals surface area contributed by atoms with Gasteiger partial charge in [0, 0.05) is 0 Å². The van der Waals surface area contributed by atoms with E-state index < -0.39 is 0 Å². The first kappa shape index (κ1) is 4.54. The normalized spacial score (nSPS) is 17.3. The van der Waals surface area contributed by atoms with Crippen LogP contribution in [-0.2, 0) is 0 Å². The number of hydrogen-bond acceptors (Lipinski definition) is 3. The molecule has 2 nitrogen and oxygen atoms in total. The van der Waals surface area contributed by atoms with Gasteiger partial charge in [0.1, 0.15) is 17.5 Å². The number of nitrogens with zero attached hydrogens (tertiary/aromatic N) is 1. The maximum atomic E-state index is 8.13. The Labute approximate surface area is 46.3 Å². The van der Waals surface area contributed by atoms with Crippen molar-refractivity contribution in [2.75, 3.05) is 0 Å². The van der Waals surface area contributed by atoms with Crippen LogP contribution in [0.25, 0.3) is 0 Å². The molecule has 0 spiro atoms. The number of allylic oxidation sites excluding steroid dienone is 1. The highest BCUT2D eigenvalue weighted by Gasteiger charge is 2.00. The summed E-state index contributed by atoms with van der Waals surface area (Å²) in [5, 5.41) is 8.13. The third kappa shape index (κ3) is 0.875. The summed E-state index contributed by atoms with van der Waals surface area (Å²) in [7, 11) is 0. The first-order valence-electron chi connectivity index (χ1n) is 1.71. The molecule has 2 radical (unpaired) electrons. The highest BCUT2D eigenvalue weighted by molar-refractivity contribution is 7.99. The molecule has 1 aliphatic rings. The van der Waals surface area contributed by atoms with Crippen LogP contribution in [0.1, 0.15) is 0 Å². The Morgan fingerprint density at radius 3 is 3.14 bits per heavy atom. The molecule has 0 saturated heterocycles. The molecule has 0 aromatic rings. The van der Waals surface area contributed by atoms with Crippen molar-refractivity contribution in [3.63, 3.8) is 0 Å². The van der Waals surface area contributed by atoms with Crippen molar-refractivity contribution >= 4 is 11.9 Å². The van der Waals surface area contributed by atoms with Crippen molar-refractivity contribution in [2.24, 2.45) is 0 Å². The van der Waals surface area contributed by atoms with Crippen LogP contribution < -0.4 is 4.72 Å². The van der Waals surface area contributed by atoms with Crippen LogP contribution in [0.5, 0.6) is 0 Å². The fourth-order valence-electron chi connectivity index (χ4n) is 0.257. The Hall–Kier alpha value is -0.620. The summed E-state index contributed by atoms with van der Waals surface area (Å²) in [6, 6.07) is 1.93. The standard InChI is InChI=1S/C4H2N2S/c5-3-4-1-2-7-6-4/h1,6H. The lowest BCUT2D eigenvalue weighted by molar-refractivity contribution is 1.31. The van der Waals surface area contributed by atoms with Gasteiger partial charge in [-0.3, -0.25) is 0 Å². The molecular formula is C4H2N2S. The minimum absolute atomic E-state index is 0.574. The van der Waals surface area contributed by atoms with Crippen molar-refractivity contribution in [3.05, 3.63) is 17.5 Å². The molecule has 1 aliphatic heterocycles. The summed E-state index contributed by atoms with van der Waals surface area (Å²) >= 11 is 1.29. The van der Waals surface area contributed by atoms with E-state index in [1.54, 1.807) is 6.08 Å². The number of hydrogen-bond donors (Lipinski definition) is 1. The molecule has 34 valence electrons. The molecule has 0 aliphatic carbocycles. The molecule has 0 unspecified atom stereocenters. The zero-order valence-electron chi connectivity index (χ0n) is 3.43. The van der Waals surface area contributed by atoms with Gasteiger partial charge in [-0.05, 0) is 18.0 Å². The Morgan fingerprint density at radius 2 is 2.86 bits per heavy atom. The molecule has 0 fully saturated rings. The largest absolute Gasteiger partial charge is 0.320 e. The Bertz CT molecular complexity index is 133. The number of rotatable bonds is 0. The minimum atomic E-state index is 0.574. The van der Waals surface area contributed by atoms with E-state index in [1.807, 2.05) is 6.07 Å². The molecular weight excluding hydrogens is 108 g/mol. The fourth-order valence-corrected chi connectivity index (χ4v) is 0.708. The number of nitriles is 1. The van der Waals surface area contributed by atoms with Crippen molar-refractivity contribution in [1.29, 1.82) is 5.26 Å². The van der Waals surface area contributed by atoms with E-state index in [9.17, 15) is 0 Å². The maximum absolute atomic E-state index is 8.13. The predicted molar refractivity (Wildman–Crippen MR) is 27.7 cm³/mol. The zero-order valence-corrected chi connectivity index (χ0v) is 4.25. The molecule has 1 heterocycles. The Morgan fingerprint density at radius 1 is 2.00 bits per heavy atom. The van der Waals surface area contributed by atoms with Gasteiger partial charge < -0.3 is 4.72 Å². The minimum Gasteiger partial charge on any atom is -0.320 e. The van der Waals surface area contributed by atoms with Gasteiger partial charge >= 0.3 is 0 Å². The molecule has 0 atom stereocenters. The van der Waals surface area contributed by atoms with E-state index in [0.717, 1.165) is 0 Å². The predicted octanol–water partition coefficient (Wildman–Crippen LogP) is 0.684. The Balaban J connectivity index is 2.57. The summed E-state index contributed by atoms with van der Waals surface area (Å²) in [5.74, 6) is 2.74. The summed E-state index contributed by atoms with van der Waals surface area (Å²) < 4.78 is 2.71. The van der Waals surface area contributed by atoms with Crippen LogP contribution in [0.2, 0.25) is 0 Å². The topological polar surface area (TPSA) is 35.8 Å². The zero-order chi connectivity index (χ0) is 5.11. The average Bonchev–Trinajstić information content (AvgIpc) is 2.14. The van der Waals surface area contributed by atoms with Gasteiger partial charge in [0.05, 0.1) is 0 Å². The quantitative estimate of drug-likeness (QED) is 0.466. The van der Waals surface area contributed by atoms with Crippen molar-refractivity contribution in [3.8, 4) is 6.07 Å². The van der Waals surface area contributed by atoms with E-state index in [0.29, 0.717) is 5.70 Å². The third-order valence-electron chi connectivity index (χ3n) is 0.544. The lowest BCUT2D eigenvalue weighted by Crippen LogP contribution is -1.91. The van der Waals surface area contributed by atoms with E-state index in [-0.39, 0.29) is 0 Å². The van der Waals surface area contributed by atoms with E-state index in [2.05, 4.69) is 10.5 Å². The SMILES string of the molecule is N#CC1=C[C]SN1. The van der Waals surface area contributed by atoms with Gasteiger partial charge in [-0.1, -0.05) is 0 Å². The molecule has 7 heavy (non-hydrogen) atoms. The highest BCUT2D eigenvalue weighted by Crippen LogP contribution is 2.12. The van der Waals surface area contributed by atoms with Gasteiger partial charge in [0.2, 0.25) is 0 Å². The number of nitrogens with one attached hydrogen (secondary N) is 1. The molecule has 0 aromatic heterocycles. The second-order valence-electron chi connectivity index (χ2n) is 0.992. The second-order valence-corrected chi connectivity index (χ2v) is 1.64. The first-order chi connectivity index (χ1) is 3.43. The van der Waals surface area contributed by atoms with Gasteiger partial charge in [0.15, 0.2) is 0 Å². The molecule has 0 saturated carbocycles. The van der Waals surface area contributed by atoms with E-state index in [1.165, 1.54) is 11.9 Å². The summed E-state index contributed by atoms with van der Waals surface area (Å²) in [6.45, 7) is 0. The van der Waals surface area contributed by atoms with Crippen LogP contribution in [0.15, 0.2) is 11.8 Å². The lowest BCUT2D eigenvalue weighted by atomic mass is 10.5. The van der Waals surface area contributed by atoms with Gasteiger partial charge in [0.25, 0.3) is 0 Å². The summed E-state index contributed by atoms with van der Waals surface area (Å²) in [6.07, 6.45) is 1.62. The van der Waals surface area contributed by atoms with Crippen LogP contribution in [0.3, 0.4) is 0 Å². The summed E-state index contributed by atoms with van der Waals surface area (Å²) in [4.78, 5) is 0. The smallest absolute Gasteiger partial charge is 0.121 e. The molecule has 1 N–H and O–H groups in total. The van der Waals surface area contributed by atoms with E-state index >= 15 is 0 Å². The Kier molecular flexibility index (Phi) is 1.23. The fraction of sp³-hybridized carbons (Fsp3) is 0. The third-order valence-corrected chi connectivity index (χ3v) is 1.10. The molecule has 3 heteroatoms. The van der Waals surface area contributed by atoms with Crippen LogP contribution in [-0.4, -0.2) is 0 Å².